The maximum atomic E-state index is 10.5. The highest BCUT2D eigenvalue weighted by Gasteiger charge is 2.51. The van der Waals surface area contributed by atoms with E-state index in [1.165, 1.54) is 97.0 Å². The van der Waals surface area contributed by atoms with Gasteiger partial charge in [-0.05, 0) is 19.9 Å². The van der Waals surface area contributed by atoms with E-state index in [1.54, 1.807) is 6.92 Å². The SMILES string of the molecule is CCCCCCCCCCCCCCCCCCN[C@H]1[C@@H](O)[C@H](O)[C@@H](CO)OC1(C)OC. The zero-order valence-corrected chi connectivity index (χ0v) is 21.2. The molecule has 6 nitrogen and oxygen atoms in total. The Morgan fingerprint density at radius 1 is 0.750 bits per heavy atom. The van der Waals surface area contributed by atoms with Gasteiger partial charge in [0.15, 0.2) is 5.79 Å². The molecular formula is C26H53NO5. The summed E-state index contributed by atoms with van der Waals surface area (Å²) in [4.78, 5) is 0. The van der Waals surface area contributed by atoms with Crippen LogP contribution in [-0.4, -0.2) is 65.7 Å². The van der Waals surface area contributed by atoms with Gasteiger partial charge in [-0.2, -0.15) is 0 Å². The van der Waals surface area contributed by atoms with Crippen molar-refractivity contribution >= 4 is 0 Å². The monoisotopic (exact) mass is 459 g/mol. The number of unbranched alkanes of at least 4 members (excludes halogenated alkanes) is 15. The van der Waals surface area contributed by atoms with E-state index in [-0.39, 0.29) is 6.61 Å². The molecule has 0 aliphatic carbocycles. The molecule has 32 heavy (non-hydrogen) atoms. The third kappa shape index (κ3) is 11.3. The molecule has 0 saturated carbocycles. The fourth-order valence-electron chi connectivity index (χ4n) is 4.73. The predicted octanol–water partition coefficient (Wildman–Crippen LogP) is 4.68. The van der Waals surface area contributed by atoms with Crippen LogP contribution in [0.1, 0.15) is 117 Å². The number of aliphatic hydroxyl groups is 3. The number of nitrogens with one attached hydrogen (secondary N) is 1. The molecular weight excluding hydrogens is 406 g/mol. The summed E-state index contributed by atoms with van der Waals surface area (Å²) >= 11 is 0. The van der Waals surface area contributed by atoms with Gasteiger partial charge in [0.05, 0.1) is 12.6 Å². The Hall–Kier alpha value is -0.240. The molecule has 192 valence electrons. The molecule has 0 aromatic heterocycles. The van der Waals surface area contributed by atoms with Gasteiger partial charge in [0.2, 0.25) is 0 Å². The number of hydrogen-bond donors (Lipinski definition) is 4. The van der Waals surface area contributed by atoms with Crippen molar-refractivity contribution in [1.29, 1.82) is 0 Å². The first-order valence-electron chi connectivity index (χ1n) is 13.4. The van der Waals surface area contributed by atoms with Gasteiger partial charge in [0.25, 0.3) is 0 Å². The van der Waals surface area contributed by atoms with Crippen molar-refractivity contribution in [2.24, 2.45) is 0 Å². The largest absolute Gasteiger partial charge is 0.394 e. The van der Waals surface area contributed by atoms with Crippen molar-refractivity contribution in [3.05, 3.63) is 0 Å². The second kappa shape index (κ2) is 18.1. The fraction of sp³-hybridized carbons (Fsp3) is 1.00. The van der Waals surface area contributed by atoms with Crippen LogP contribution in [0.4, 0.5) is 0 Å². The Labute approximate surface area is 197 Å². The van der Waals surface area contributed by atoms with Crippen LogP contribution in [0.2, 0.25) is 0 Å². The van der Waals surface area contributed by atoms with Crippen molar-refractivity contribution in [3.63, 3.8) is 0 Å². The summed E-state index contributed by atoms with van der Waals surface area (Å²) in [6.45, 7) is 4.38. The third-order valence-electron chi connectivity index (χ3n) is 7.00. The summed E-state index contributed by atoms with van der Waals surface area (Å²) < 4.78 is 11.2. The average molecular weight is 460 g/mol. The van der Waals surface area contributed by atoms with Gasteiger partial charge in [-0.25, -0.2) is 0 Å². The second-order valence-corrected chi connectivity index (χ2v) is 9.78. The topological polar surface area (TPSA) is 91.2 Å². The third-order valence-corrected chi connectivity index (χ3v) is 7.00. The zero-order chi connectivity index (χ0) is 23.7. The molecule has 1 unspecified atom stereocenters. The summed E-state index contributed by atoms with van der Waals surface area (Å²) in [7, 11) is 1.52. The van der Waals surface area contributed by atoms with Crippen LogP contribution < -0.4 is 5.32 Å². The van der Waals surface area contributed by atoms with Gasteiger partial charge in [-0.1, -0.05) is 103 Å². The second-order valence-electron chi connectivity index (χ2n) is 9.78. The number of rotatable bonds is 20. The molecule has 4 N–H and O–H groups in total. The lowest BCUT2D eigenvalue weighted by molar-refractivity contribution is -0.320. The van der Waals surface area contributed by atoms with Crippen molar-refractivity contribution in [2.75, 3.05) is 20.3 Å². The Morgan fingerprint density at radius 3 is 1.59 bits per heavy atom. The molecule has 1 aliphatic rings. The highest BCUT2D eigenvalue weighted by atomic mass is 16.7. The van der Waals surface area contributed by atoms with E-state index in [4.69, 9.17) is 9.47 Å². The molecule has 0 aromatic carbocycles. The Kier molecular flexibility index (Phi) is 16.9. The summed E-state index contributed by atoms with van der Waals surface area (Å²) in [5.74, 6) is -1.08. The van der Waals surface area contributed by atoms with Gasteiger partial charge >= 0.3 is 0 Å². The predicted molar refractivity (Wildman–Crippen MR) is 131 cm³/mol. The van der Waals surface area contributed by atoms with Crippen molar-refractivity contribution < 1.29 is 24.8 Å². The molecule has 1 heterocycles. The standard InChI is InChI=1S/C26H53NO5/c1-4-5-6-7-8-9-10-11-12-13-14-15-16-17-18-19-20-27-25-24(30)23(29)22(21-28)32-26(25,2)31-3/h22-25,27-30H,4-21H2,1-3H3/t22-,23-,24+,25+,26?/m1/s1. The van der Waals surface area contributed by atoms with E-state index in [0.717, 1.165) is 19.4 Å². The normalized spacial score (nSPS) is 28.3. The van der Waals surface area contributed by atoms with Crippen LogP contribution in [0.5, 0.6) is 0 Å². The zero-order valence-electron chi connectivity index (χ0n) is 21.2. The lowest BCUT2D eigenvalue weighted by atomic mass is 9.91. The highest BCUT2D eigenvalue weighted by Crippen LogP contribution is 2.30. The first kappa shape index (κ1) is 29.8. The van der Waals surface area contributed by atoms with Crippen LogP contribution in [0.3, 0.4) is 0 Å². The molecule has 0 amide bonds. The fourth-order valence-corrected chi connectivity index (χ4v) is 4.73. The van der Waals surface area contributed by atoms with Crippen LogP contribution in [-0.2, 0) is 9.47 Å². The first-order valence-corrected chi connectivity index (χ1v) is 13.4. The molecule has 1 rings (SSSR count). The Bertz CT molecular complexity index is 438. The minimum Gasteiger partial charge on any atom is -0.394 e. The summed E-state index contributed by atoms with van der Waals surface area (Å²) in [5.41, 5.74) is 0. The van der Waals surface area contributed by atoms with E-state index in [9.17, 15) is 15.3 Å². The molecule has 0 bridgehead atoms. The lowest BCUT2D eigenvalue weighted by Crippen LogP contribution is -2.69. The molecule has 1 saturated heterocycles. The minimum atomic E-state index is -1.13. The maximum absolute atomic E-state index is 10.5. The number of hydrogen-bond acceptors (Lipinski definition) is 6. The van der Waals surface area contributed by atoms with Crippen molar-refractivity contribution in [3.8, 4) is 0 Å². The van der Waals surface area contributed by atoms with E-state index >= 15 is 0 Å². The van der Waals surface area contributed by atoms with Crippen molar-refractivity contribution in [2.45, 2.75) is 147 Å². The molecule has 0 spiro atoms. The van der Waals surface area contributed by atoms with Crippen LogP contribution >= 0.6 is 0 Å². The molecule has 0 radical (unpaired) electrons. The van der Waals surface area contributed by atoms with E-state index in [1.807, 2.05) is 0 Å². The summed E-state index contributed by atoms with van der Waals surface area (Å²) in [6.07, 6.45) is 18.4. The van der Waals surface area contributed by atoms with E-state index in [0.29, 0.717) is 0 Å². The van der Waals surface area contributed by atoms with Crippen LogP contribution in [0, 0.1) is 0 Å². The quantitative estimate of drug-likeness (QED) is 0.198. The molecule has 1 aliphatic heterocycles. The highest BCUT2D eigenvalue weighted by molar-refractivity contribution is 4.99. The molecule has 5 atom stereocenters. The average Bonchev–Trinajstić information content (AvgIpc) is 2.80. The van der Waals surface area contributed by atoms with Gasteiger partial charge in [0, 0.05) is 7.11 Å². The number of aliphatic hydroxyl groups excluding tert-OH is 3. The smallest absolute Gasteiger partial charge is 0.183 e. The molecule has 0 aromatic rings. The molecule has 6 heteroatoms. The number of methoxy groups -OCH3 is 1. The van der Waals surface area contributed by atoms with Crippen molar-refractivity contribution in [1.82, 2.24) is 5.32 Å². The number of ether oxygens (including phenoxy) is 2. The molecule has 1 fully saturated rings. The van der Waals surface area contributed by atoms with E-state index < -0.39 is 30.1 Å². The summed E-state index contributed by atoms with van der Waals surface area (Å²) in [6, 6.07) is -0.540. The maximum Gasteiger partial charge on any atom is 0.183 e. The lowest BCUT2D eigenvalue weighted by Gasteiger charge is -2.48. The van der Waals surface area contributed by atoms with Gasteiger partial charge in [-0.15, -0.1) is 0 Å². The van der Waals surface area contributed by atoms with Gasteiger partial charge in [-0.3, -0.25) is 0 Å². The van der Waals surface area contributed by atoms with Crippen LogP contribution in [0.25, 0.3) is 0 Å². The Morgan fingerprint density at radius 2 is 1.19 bits per heavy atom. The van der Waals surface area contributed by atoms with Crippen LogP contribution in [0.15, 0.2) is 0 Å². The van der Waals surface area contributed by atoms with E-state index in [2.05, 4.69) is 12.2 Å². The Balaban J connectivity index is 1.98. The summed E-state index contributed by atoms with van der Waals surface area (Å²) in [5, 5.41) is 33.3. The minimum absolute atomic E-state index is 0.358. The van der Waals surface area contributed by atoms with Gasteiger partial charge < -0.3 is 30.1 Å². The van der Waals surface area contributed by atoms with Gasteiger partial charge in [0.1, 0.15) is 18.3 Å². The first-order chi connectivity index (χ1) is 15.5.